The zero-order chi connectivity index (χ0) is 17.7. The number of nitrogens with one attached hydrogen (secondary N) is 1. The van der Waals surface area contributed by atoms with Crippen molar-refractivity contribution in [1.29, 1.82) is 5.26 Å². The highest BCUT2D eigenvalue weighted by atomic mass is 16.6. The van der Waals surface area contributed by atoms with Crippen LogP contribution in [0.3, 0.4) is 0 Å². The van der Waals surface area contributed by atoms with Crippen molar-refractivity contribution in [2.24, 2.45) is 0 Å². The summed E-state index contributed by atoms with van der Waals surface area (Å²) < 4.78 is 0. The first-order valence-electron chi connectivity index (χ1n) is 7.15. The van der Waals surface area contributed by atoms with Gasteiger partial charge in [-0.3, -0.25) is 14.9 Å². The van der Waals surface area contributed by atoms with Gasteiger partial charge < -0.3 is 5.32 Å². The van der Waals surface area contributed by atoms with E-state index in [1.807, 2.05) is 32.0 Å². The maximum Gasteiger partial charge on any atom is 0.270 e. The largest absolute Gasteiger partial charge is 0.321 e. The normalized spacial score (nSPS) is 10.8. The quantitative estimate of drug-likeness (QED) is 0.401. The van der Waals surface area contributed by atoms with Crippen LogP contribution in [0, 0.1) is 35.3 Å². The van der Waals surface area contributed by atoms with Crippen LogP contribution in [0.25, 0.3) is 6.08 Å². The molecule has 0 aliphatic heterocycles. The average Bonchev–Trinajstić information content (AvgIpc) is 2.56. The third kappa shape index (κ3) is 4.05. The van der Waals surface area contributed by atoms with E-state index in [-0.39, 0.29) is 11.3 Å². The number of carbonyl (C=O) groups is 1. The Morgan fingerprint density at radius 2 is 1.96 bits per heavy atom. The molecule has 0 aliphatic carbocycles. The summed E-state index contributed by atoms with van der Waals surface area (Å²) in [4.78, 5) is 22.5. The molecule has 0 radical (unpaired) electrons. The predicted octanol–water partition coefficient (Wildman–Crippen LogP) is 3.76. The average molecular weight is 321 g/mol. The molecular formula is C18H15N3O3. The van der Waals surface area contributed by atoms with Crippen LogP contribution in [0.15, 0.2) is 48.0 Å². The van der Waals surface area contributed by atoms with Crippen LogP contribution in [0.4, 0.5) is 11.4 Å². The third-order valence-electron chi connectivity index (χ3n) is 3.52. The van der Waals surface area contributed by atoms with Crippen LogP contribution >= 0.6 is 0 Å². The summed E-state index contributed by atoms with van der Waals surface area (Å²) in [6, 6.07) is 13.0. The number of hydrogen-bond acceptors (Lipinski definition) is 4. The molecular weight excluding hydrogens is 306 g/mol. The Labute approximate surface area is 139 Å². The van der Waals surface area contributed by atoms with E-state index in [4.69, 9.17) is 0 Å². The number of amides is 1. The number of non-ortho nitro benzene ring substituents is 1. The molecule has 0 bridgehead atoms. The molecule has 0 fully saturated rings. The summed E-state index contributed by atoms with van der Waals surface area (Å²) in [5.41, 5.74) is 2.89. The molecule has 2 aromatic carbocycles. The van der Waals surface area contributed by atoms with Gasteiger partial charge in [0.25, 0.3) is 11.6 Å². The first-order valence-corrected chi connectivity index (χ1v) is 7.15. The molecule has 0 heterocycles. The van der Waals surface area contributed by atoms with Gasteiger partial charge in [-0.15, -0.1) is 0 Å². The molecule has 0 aromatic heterocycles. The molecule has 0 spiro atoms. The maximum atomic E-state index is 12.2. The number of nitro groups is 1. The van der Waals surface area contributed by atoms with Gasteiger partial charge >= 0.3 is 0 Å². The van der Waals surface area contributed by atoms with Crippen molar-refractivity contribution in [3.63, 3.8) is 0 Å². The van der Waals surface area contributed by atoms with Gasteiger partial charge in [-0.05, 0) is 48.7 Å². The second kappa shape index (κ2) is 7.20. The van der Waals surface area contributed by atoms with Crippen LogP contribution in [0.2, 0.25) is 0 Å². The fraction of sp³-hybridized carbons (Fsp3) is 0.111. The fourth-order valence-corrected chi connectivity index (χ4v) is 2.06. The molecule has 1 N–H and O–H groups in total. The molecule has 0 saturated carbocycles. The van der Waals surface area contributed by atoms with E-state index in [1.54, 1.807) is 12.1 Å². The van der Waals surface area contributed by atoms with Crippen LogP contribution in [-0.4, -0.2) is 10.8 Å². The highest BCUT2D eigenvalue weighted by Gasteiger charge is 2.11. The zero-order valence-electron chi connectivity index (χ0n) is 13.2. The van der Waals surface area contributed by atoms with Gasteiger partial charge in [-0.1, -0.05) is 18.2 Å². The Bertz CT molecular complexity index is 879. The van der Waals surface area contributed by atoms with Gasteiger partial charge in [0, 0.05) is 17.8 Å². The minimum absolute atomic E-state index is 0.101. The number of nitriles is 1. The van der Waals surface area contributed by atoms with Crippen molar-refractivity contribution in [3.8, 4) is 6.07 Å². The predicted molar refractivity (Wildman–Crippen MR) is 91.2 cm³/mol. The van der Waals surface area contributed by atoms with Gasteiger partial charge in [0.2, 0.25) is 0 Å². The first kappa shape index (κ1) is 16.9. The molecule has 0 saturated heterocycles. The number of nitrogens with zero attached hydrogens (tertiary/aromatic N) is 2. The number of aryl methyl sites for hydroxylation is 2. The Kier molecular flexibility index (Phi) is 5.07. The lowest BCUT2D eigenvalue weighted by molar-refractivity contribution is -0.384. The van der Waals surface area contributed by atoms with Crippen molar-refractivity contribution < 1.29 is 9.72 Å². The van der Waals surface area contributed by atoms with E-state index in [1.165, 1.54) is 24.3 Å². The second-order valence-electron chi connectivity index (χ2n) is 5.28. The van der Waals surface area contributed by atoms with Gasteiger partial charge in [0.15, 0.2) is 0 Å². The Morgan fingerprint density at radius 1 is 1.21 bits per heavy atom. The maximum absolute atomic E-state index is 12.2. The fourth-order valence-electron chi connectivity index (χ4n) is 2.06. The Balaban J connectivity index is 2.25. The molecule has 0 unspecified atom stereocenters. The van der Waals surface area contributed by atoms with E-state index in [0.29, 0.717) is 11.3 Å². The van der Waals surface area contributed by atoms with Crippen molar-refractivity contribution in [3.05, 3.63) is 74.8 Å². The third-order valence-corrected chi connectivity index (χ3v) is 3.52. The van der Waals surface area contributed by atoms with Gasteiger partial charge in [0.05, 0.1) is 4.92 Å². The van der Waals surface area contributed by atoms with Crippen LogP contribution in [0.1, 0.15) is 16.7 Å². The van der Waals surface area contributed by atoms with Crippen molar-refractivity contribution >= 4 is 23.4 Å². The van der Waals surface area contributed by atoms with E-state index in [9.17, 15) is 20.2 Å². The van der Waals surface area contributed by atoms with Gasteiger partial charge in [-0.2, -0.15) is 5.26 Å². The lowest BCUT2D eigenvalue weighted by Crippen LogP contribution is -2.13. The highest BCUT2D eigenvalue weighted by molar-refractivity contribution is 6.09. The molecule has 2 rings (SSSR count). The highest BCUT2D eigenvalue weighted by Crippen LogP contribution is 2.18. The monoisotopic (exact) mass is 321 g/mol. The number of rotatable bonds is 4. The summed E-state index contributed by atoms with van der Waals surface area (Å²) >= 11 is 0. The molecule has 0 aliphatic rings. The minimum atomic E-state index is -0.563. The lowest BCUT2D eigenvalue weighted by atomic mass is 10.1. The minimum Gasteiger partial charge on any atom is -0.321 e. The number of nitro benzene ring substituents is 1. The smallest absolute Gasteiger partial charge is 0.270 e. The first-order chi connectivity index (χ1) is 11.4. The summed E-state index contributed by atoms with van der Waals surface area (Å²) in [7, 11) is 0. The second-order valence-corrected chi connectivity index (χ2v) is 5.28. The number of benzene rings is 2. The molecule has 1 amide bonds. The molecule has 120 valence electrons. The Morgan fingerprint density at radius 3 is 2.58 bits per heavy atom. The van der Waals surface area contributed by atoms with Crippen molar-refractivity contribution in [2.75, 3.05) is 5.32 Å². The number of anilines is 1. The van der Waals surface area contributed by atoms with Gasteiger partial charge in [0.1, 0.15) is 11.6 Å². The molecule has 24 heavy (non-hydrogen) atoms. The number of hydrogen-bond donors (Lipinski definition) is 1. The summed E-state index contributed by atoms with van der Waals surface area (Å²) in [6.45, 7) is 3.89. The van der Waals surface area contributed by atoms with Gasteiger partial charge in [-0.25, -0.2) is 0 Å². The van der Waals surface area contributed by atoms with Crippen LogP contribution < -0.4 is 5.32 Å². The molecule has 2 aromatic rings. The van der Waals surface area contributed by atoms with Crippen molar-refractivity contribution in [1.82, 2.24) is 0 Å². The van der Waals surface area contributed by atoms with E-state index in [0.717, 1.165) is 11.1 Å². The zero-order valence-corrected chi connectivity index (χ0v) is 13.2. The standard InChI is InChI=1S/C18H15N3O3/c1-12-6-7-16(8-13(12)2)20-18(22)15(11-19)9-14-4-3-5-17(10-14)21(23)24/h3-10H,1-2H3,(H,20,22). The molecule has 0 atom stereocenters. The summed E-state index contributed by atoms with van der Waals surface area (Å²) in [5, 5.41) is 22.6. The van der Waals surface area contributed by atoms with Crippen LogP contribution in [-0.2, 0) is 4.79 Å². The lowest BCUT2D eigenvalue weighted by Gasteiger charge is -2.07. The van der Waals surface area contributed by atoms with Crippen molar-refractivity contribution in [2.45, 2.75) is 13.8 Å². The van der Waals surface area contributed by atoms with Crippen LogP contribution in [0.5, 0.6) is 0 Å². The summed E-state index contributed by atoms with van der Waals surface area (Å²) in [6.07, 6.45) is 1.32. The topological polar surface area (TPSA) is 96.0 Å². The van der Waals surface area contributed by atoms with E-state index >= 15 is 0 Å². The van der Waals surface area contributed by atoms with E-state index < -0.39 is 10.8 Å². The molecule has 6 heteroatoms. The molecule has 6 nitrogen and oxygen atoms in total. The summed E-state index contributed by atoms with van der Waals surface area (Å²) in [5.74, 6) is -0.563. The SMILES string of the molecule is Cc1ccc(NC(=O)C(C#N)=Cc2cccc([N+](=O)[O-])c2)cc1C. The number of carbonyl (C=O) groups excluding carboxylic acids is 1. The Hall–Kier alpha value is -3.46. The van der Waals surface area contributed by atoms with E-state index in [2.05, 4.69) is 5.32 Å².